The van der Waals surface area contributed by atoms with Crippen LogP contribution in [0.4, 0.5) is 0 Å². The Labute approximate surface area is 115 Å². The lowest BCUT2D eigenvalue weighted by atomic mass is 10.1. The summed E-state index contributed by atoms with van der Waals surface area (Å²) in [5.74, 6) is 2.35. The van der Waals surface area contributed by atoms with Crippen molar-refractivity contribution < 1.29 is 13.9 Å². The van der Waals surface area contributed by atoms with Gasteiger partial charge in [0.2, 0.25) is 0 Å². The molecule has 18 heavy (non-hydrogen) atoms. The van der Waals surface area contributed by atoms with Crippen LogP contribution in [0.1, 0.15) is 21.7 Å². The van der Waals surface area contributed by atoms with E-state index in [-0.39, 0.29) is 4.83 Å². The number of hydrogen-bond acceptors (Lipinski definition) is 3. The summed E-state index contributed by atoms with van der Waals surface area (Å²) in [5, 5.41) is 0. The van der Waals surface area contributed by atoms with Crippen molar-refractivity contribution in [3.05, 3.63) is 47.4 Å². The summed E-state index contributed by atoms with van der Waals surface area (Å²) in [5.41, 5.74) is 2.17. The molecule has 0 saturated heterocycles. The molecule has 1 heterocycles. The molecule has 0 amide bonds. The zero-order chi connectivity index (χ0) is 13.1. The van der Waals surface area contributed by atoms with E-state index in [0.717, 1.165) is 28.4 Å². The van der Waals surface area contributed by atoms with Crippen molar-refractivity contribution in [3.63, 3.8) is 0 Å². The number of rotatable bonds is 4. The van der Waals surface area contributed by atoms with Crippen molar-refractivity contribution in [2.45, 2.75) is 11.8 Å². The number of furan rings is 1. The van der Waals surface area contributed by atoms with Crippen molar-refractivity contribution in [2.75, 3.05) is 14.2 Å². The second-order valence-electron chi connectivity index (χ2n) is 3.97. The zero-order valence-electron chi connectivity index (χ0n) is 10.6. The van der Waals surface area contributed by atoms with Crippen molar-refractivity contribution in [3.8, 4) is 11.5 Å². The van der Waals surface area contributed by atoms with Gasteiger partial charge in [0.25, 0.3) is 0 Å². The molecule has 2 aromatic rings. The lowest BCUT2D eigenvalue weighted by Crippen LogP contribution is -1.95. The van der Waals surface area contributed by atoms with Crippen LogP contribution in [0.25, 0.3) is 0 Å². The molecule has 0 bridgehead atoms. The number of methoxy groups -OCH3 is 2. The van der Waals surface area contributed by atoms with Crippen LogP contribution in [0.15, 0.2) is 34.9 Å². The molecule has 0 aliphatic carbocycles. The third kappa shape index (κ3) is 2.53. The minimum atomic E-state index is 0.0785. The molecule has 1 unspecified atom stereocenters. The van der Waals surface area contributed by atoms with E-state index < -0.39 is 0 Å². The predicted octanol–water partition coefficient (Wildman–Crippen LogP) is 4.09. The standard InChI is InChI=1S/C14H15BrO3/c1-9-6-11(8-18-9)14(15)10-4-5-12(16-2)13(7-10)17-3/h4-8,14H,1-3H3. The fourth-order valence-corrected chi connectivity index (χ4v) is 2.32. The Morgan fingerprint density at radius 1 is 1.06 bits per heavy atom. The normalized spacial score (nSPS) is 12.2. The SMILES string of the molecule is COc1ccc(C(Br)c2coc(C)c2)cc1OC. The van der Waals surface area contributed by atoms with E-state index in [1.807, 2.05) is 31.2 Å². The molecular weight excluding hydrogens is 296 g/mol. The van der Waals surface area contributed by atoms with E-state index in [0.29, 0.717) is 0 Å². The summed E-state index contributed by atoms with van der Waals surface area (Å²) in [6, 6.07) is 7.87. The van der Waals surface area contributed by atoms with Crippen LogP contribution in [0.3, 0.4) is 0 Å². The van der Waals surface area contributed by atoms with Crippen molar-refractivity contribution in [1.29, 1.82) is 0 Å². The van der Waals surface area contributed by atoms with Gasteiger partial charge < -0.3 is 13.9 Å². The molecule has 1 atom stereocenters. The Hall–Kier alpha value is -1.42. The van der Waals surface area contributed by atoms with Crippen molar-refractivity contribution >= 4 is 15.9 Å². The highest BCUT2D eigenvalue weighted by atomic mass is 79.9. The van der Waals surface area contributed by atoms with Crippen molar-refractivity contribution in [2.24, 2.45) is 0 Å². The maximum absolute atomic E-state index is 5.32. The largest absolute Gasteiger partial charge is 0.493 e. The Morgan fingerprint density at radius 3 is 2.33 bits per heavy atom. The fraction of sp³-hybridized carbons (Fsp3) is 0.286. The van der Waals surface area contributed by atoms with Crippen LogP contribution in [0, 0.1) is 6.92 Å². The average molecular weight is 311 g/mol. The fourth-order valence-electron chi connectivity index (χ4n) is 1.80. The zero-order valence-corrected chi connectivity index (χ0v) is 12.2. The van der Waals surface area contributed by atoms with Crippen LogP contribution >= 0.6 is 15.9 Å². The molecule has 0 aliphatic heterocycles. The molecule has 2 rings (SSSR count). The maximum Gasteiger partial charge on any atom is 0.161 e. The molecule has 1 aromatic carbocycles. The number of alkyl halides is 1. The minimum absolute atomic E-state index is 0.0785. The summed E-state index contributed by atoms with van der Waals surface area (Å²) in [6.07, 6.45) is 1.76. The van der Waals surface area contributed by atoms with Crippen LogP contribution in [-0.4, -0.2) is 14.2 Å². The second kappa shape index (κ2) is 5.48. The lowest BCUT2D eigenvalue weighted by molar-refractivity contribution is 0.354. The molecule has 0 spiro atoms. The Morgan fingerprint density at radius 2 is 1.78 bits per heavy atom. The van der Waals surface area contributed by atoms with Gasteiger partial charge >= 0.3 is 0 Å². The van der Waals surface area contributed by atoms with Gasteiger partial charge in [0.05, 0.1) is 25.3 Å². The van der Waals surface area contributed by atoms with Gasteiger partial charge in [-0.1, -0.05) is 22.0 Å². The van der Waals surface area contributed by atoms with Gasteiger partial charge in [0.1, 0.15) is 5.76 Å². The minimum Gasteiger partial charge on any atom is -0.493 e. The number of benzene rings is 1. The summed E-state index contributed by atoms with van der Waals surface area (Å²) >= 11 is 3.66. The highest BCUT2D eigenvalue weighted by molar-refractivity contribution is 9.09. The third-order valence-electron chi connectivity index (χ3n) is 2.74. The molecule has 0 fully saturated rings. The lowest BCUT2D eigenvalue weighted by Gasteiger charge is -2.12. The molecule has 3 nitrogen and oxygen atoms in total. The summed E-state index contributed by atoms with van der Waals surface area (Å²) < 4.78 is 15.8. The average Bonchev–Trinajstić information content (AvgIpc) is 2.83. The maximum atomic E-state index is 5.32. The summed E-state index contributed by atoms with van der Waals surface area (Å²) in [6.45, 7) is 1.93. The first-order chi connectivity index (χ1) is 8.65. The topological polar surface area (TPSA) is 31.6 Å². The molecule has 0 saturated carbocycles. The van der Waals surface area contributed by atoms with Gasteiger partial charge in [-0.2, -0.15) is 0 Å². The van der Waals surface area contributed by atoms with Gasteiger partial charge in [0.15, 0.2) is 11.5 Å². The molecule has 0 N–H and O–H groups in total. The Kier molecular flexibility index (Phi) is 3.97. The van der Waals surface area contributed by atoms with Gasteiger partial charge in [-0.15, -0.1) is 0 Å². The van der Waals surface area contributed by atoms with Gasteiger partial charge in [0, 0.05) is 5.56 Å². The van der Waals surface area contributed by atoms with E-state index in [1.165, 1.54) is 0 Å². The number of hydrogen-bond donors (Lipinski definition) is 0. The molecule has 0 radical (unpaired) electrons. The number of aryl methyl sites for hydroxylation is 1. The van der Waals surface area contributed by atoms with E-state index in [9.17, 15) is 0 Å². The first-order valence-corrected chi connectivity index (χ1v) is 6.48. The first-order valence-electron chi connectivity index (χ1n) is 5.56. The van der Waals surface area contributed by atoms with E-state index in [2.05, 4.69) is 15.9 Å². The van der Waals surface area contributed by atoms with E-state index in [1.54, 1.807) is 20.5 Å². The molecular formula is C14H15BrO3. The van der Waals surface area contributed by atoms with Crippen LogP contribution < -0.4 is 9.47 Å². The number of halogens is 1. The molecule has 96 valence electrons. The van der Waals surface area contributed by atoms with Gasteiger partial charge in [-0.3, -0.25) is 0 Å². The van der Waals surface area contributed by atoms with Crippen LogP contribution in [-0.2, 0) is 0 Å². The second-order valence-corrected chi connectivity index (χ2v) is 4.88. The predicted molar refractivity (Wildman–Crippen MR) is 73.8 cm³/mol. The molecule has 4 heteroatoms. The molecule has 1 aromatic heterocycles. The Bertz CT molecular complexity index is 534. The highest BCUT2D eigenvalue weighted by Crippen LogP contribution is 2.36. The highest BCUT2D eigenvalue weighted by Gasteiger charge is 2.15. The quantitative estimate of drug-likeness (QED) is 0.797. The van der Waals surface area contributed by atoms with Gasteiger partial charge in [-0.05, 0) is 30.7 Å². The molecule has 0 aliphatic rings. The third-order valence-corrected chi connectivity index (χ3v) is 3.80. The first kappa shape index (κ1) is 13.0. The summed E-state index contributed by atoms with van der Waals surface area (Å²) in [4.78, 5) is 0.0785. The van der Waals surface area contributed by atoms with E-state index >= 15 is 0 Å². The monoisotopic (exact) mass is 310 g/mol. The van der Waals surface area contributed by atoms with E-state index in [4.69, 9.17) is 13.9 Å². The Balaban J connectivity index is 2.33. The van der Waals surface area contributed by atoms with Crippen LogP contribution in [0.2, 0.25) is 0 Å². The van der Waals surface area contributed by atoms with Gasteiger partial charge in [-0.25, -0.2) is 0 Å². The summed E-state index contributed by atoms with van der Waals surface area (Å²) in [7, 11) is 3.26. The van der Waals surface area contributed by atoms with Crippen molar-refractivity contribution in [1.82, 2.24) is 0 Å². The number of ether oxygens (including phenoxy) is 2. The smallest absolute Gasteiger partial charge is 0.161 e. The van der Waals surface area contributed by atoms with Crippen LogP contribution in [0.5, 0.6) is 11.5 Å².